The monoisotopic (exact) mass is 234 g/mol. The molecule has 2 aromatic carbocycles. The molecule has 0 N–H and O–H groups in total. The molecule has 1 heterocycles. The summed E-state index contributed by atoms with van der Waals surface area (Å²) in [4.78, 5) is 4.61. The number of benzene rings is 2. The lowest BCUT2D eigenvalue weighted by molar-refractivity contribution is 0.608. The van der Waals surface area contributed by atoms with Crippen molar-refractivity contribution in [2.45, 2.75) is 19.4 Å². The number of nitrogens with zero attached hydrogens (tertiary/aromatic N) is 2. The van der Waals surface area contributed by atoms with E-state index < -0.39 is 0 Å². The molecule has 3 rings (SSSR count). The molecule has 0 fully saturated rings. The molecule has 2 heteroatoms. The van der Waals surface area contributed by atoms with Crippen molar-refractivity contribution in [3.63, 3.8) is 0 Å². The van der Waals surface area contributed by atoms with Gasteiger partial charge in [-0.3, -0.25) is 4.99 Å². The lowest BCUT2D eigenvalue weighted by Gasteiger charge is -2.03. The Morgan fingerprint density at radius 1 is 1.17 bits per heavy atom. The van der Waals surface area contributed by atoms with Crippen molar-refractivity contribution in [1.29, 1.82) is 5.26 Å². The highest BCUT2D eigenvalue weighted by Crippen LogP contribution is 2.25. The summed E-state index contributed by atoms with van der Waals surface area (Å²) >= 11 is 0. The van der Waals surface area contributed by atoms with Crippen molar-refractivity contribution in [2.24, 2.45) is 10.9 Å². The Kier molecular flexibility index (Phi) is 2.60. The van der Waals surface area contributed by atoms with Crippen LogP contribution in [-0.4, -0.2) is 11.8 Å². The van der Waals surface area contributed by atoms with E-state index in [0.29, 0.717) is 0 Å². The molecule has 2 atom stereocenters. The molecule has 2 unspecified atom stereocenters. The number of hydrogen-bond acceptors (Lipinski definition) is 2. The molecular formula is C16H14N2. The van der Waals surface area contributed by atoms with E-state index in [9.17, 15) is 0 Å². The number of nitriles is 1. The second-order valence-corrected chi connectivity index (χ2v) is 4.82. The van der Waals surface area contributed by atoms with E-state index in [2.05, 4.69) is 41.4 Å². The quantitative estimate of drug-likeness (QED) is 0.743. The Morgan fingerprint density at radius 2 is 1.94 bits per heavy atom. The first-order valence-corrected chi connectivity index (χ1v) is 6.23. The molecule has 2 nitrogen and oxygen atoms in total. The van der Waals surface area contributed by atoms with Crippen LogP contribution in [0.5, 0.6) is 0 Å². The van der Waals surface area contributed by atoms with Gasteiger partial charge < -0.3 is 0 Å². The molecule has 0 spiro atoms. The molecule has 2 aromatic rings. The normalized spacial score (nSPS) is 22.8. The summed E-state index contributed by atoms with van der Waals surface area (Å²) in [5.41, 5.74) is 2.22. The average Bonchev–Trinajstić information content (AvgIpc) is 2.79. The van der Waals surface area contributed by atoms with Gasteiger partial charge in [0, 0.05) is 12.1 Å². The van der Waals surface area contributed by atoms with Gasteiger partial charge in [0.2, 0.25) is 0 Å². The van der Waals surface area contributed by atoms with Gasteiger partial charge in [0.1, 0.15) is 0 Å². The van der Waals surface area contributed by atoms with E-state index in [4.69, 9.17) is 5.26 Å². The molecule has 0 amide bonds. The first-order valence-electron chi connectivity index (χ1n) is 6.23. The maximum atomic E-state index is 9.05. The summed E-state index contributed by atoms with van der Waals surface area (Å²) in [5.74, 6) is 0.0338. The second kappa shape index (κ2) is 4.27. The molecule has 18 heavy (non-hydrogen) atoms. The van der Waals surface area contributed by atoms with Gasteiger partial charge in [0.15, 0.2) is 0 Å². The highest BCUT2D eigenvalue weighted by molar-refractivity contribution is 6.04. The van der Waals surface area contributed by atoms with Gasteiger partial charge in [0.25, 0.3) is 0 Å². The van der Waals surface area contributed by atoms with Crippen LogP contribution < -0.4 is 0 Å². The van der Waals surface area contributed by atoms with Crippen LogP contribution in [0.25, 0.3) is 10.8 Å². The standard InChI is InChI=1S/C16H14N2/c1-11-15(10-17)9-16(18-11)14-7-6-12-4-2-3-5-13(12)8-14/h2-8,11,15H,9H2,1H3. The molecule has 88 valence electrons. The van der Waals surface area contributed by atoms with Crippen LogP contribution in [0.4, 0.5) is 0 Å². The Bertz CT molecular complexity index is 664. The number of hydrogen-bond donors (Lipinski definition) is 0. The third kappa shape index (κ3) is 1.78. The molecule has 0 radical (unpaired) electrons. The summed E-state index contributed by atoms with van der Waals surface area (Å²) in [6.45, 7) is 2.02. The Morgan fingerprint density at radius 3 is 2.67 bits per heavy atom. The third-order valence-corrected chi connectivity index (χ3v) is 3.60. The molecule has 0 saturated heterocycles. The van der Waals surface area contributed by atoms with E-state index in [1.54, 1.807) is 0 Å². The minimum Gasteiger partial charge on any atom is -0.285 e. The number of rotatable bonds is 1. The van der Waals surface area contributed by atoms with Crippen molar-refractivity contribution in [2.75, 3.05) is 0 Å². The first-order chi connectivity index (χ1) is 8.78. The number of fused-ring (bicyclic) bond motifs is 1. The summed E-state index contributed by atoms with van der Waals surface area (Å²) in [6.07, 6.45) is 0.774. The van der Waals surface area contributed by atoms with Gasteiger partial charge >= 0.3 is 0 Å². The van der Waals surface area contributed by atoms with Crippen molar-refractivity contribution >= 4 is 16.5 Å². The molecule has 0 aromatic heterocycles. The third-order valence-electron chi connectivity index (χ3n) is 3.60. The molecule has 0 bridgehead atoms. The van der Waals surface area contributed by atoms with Crippen LogP contribution in [0, 0.1) is 17.2 Å². The zero-order chi connectivity index (χ0) is 12.5. The SMILES string of the molecule is CC1N=C(c2ccc3ccccc3c2)CC1C#N. The van der Waals surface area contributed by atoms with Gasteiger partial charge in [-0.2, -0.15) is 5.26 Å². The molecule has 1 aliphatic rings. The topological polar surface area (TPSA) is 36.1 Å². The largest absolute Gasteiger partial charge is 0.285 e. The van der Waals surface area contributed by atoms with Gasteiger partial charge in [0.05, 0.1) is 18.0 Å². The Labute approximate surface area is 107 Å². The summed E-state index contributed by atoms with van der Waals surface area (Å²) in [6, 6.07) is 17.2. The fourth-order valence-electron chi connectivity index (χ4n) is 2.48. The van der Waals surface area contributed by atoms with E-state index in [-0.39, 0.29) is 12.0 Å². The van der Waals surface area contributed by atoms with Crippen molar-refractivity contribution < 1.29 is 0 Å². The number of aliphatic imine (C=N–C) groups is 1. The van der Waals surface area contributed by atoms with Crippen LogP contribution in [0.2, 0.25) is 0 Å². The van der Waals surface area contributed by atoms with Gasteiger partial charge in [-0.05, 0) is 29.3 Å². The Hall–Kier alpha value is -2.14. The van der Waals surface area contributed by atoms with Crippen LogP contribution >= 0.6 is 0 Å². The van der Waals surface area contributed by atoms with Gasteiger partial charge in [-0.1, -0.05) is 36.4 Å². The summed E-state index contributed by atoms with van der Waals surface area (Å²) < 4.78 is 0. The highest BCUT2D eigenvalue weighted by Gasteiger charge is 2.26. The minimum absolute atomic E-state index is 0.0338. The van der Waals surface area contributed by atoms with E-state index in [1.807, 2.05) is 19.1 Å². The smallest absolute Gasteiger partial charge is 0.0739 e. The average molecular weight is 234 g/mol. The predicted octanol–water partition coefficient (Wildman–Crippen LogP) is 3.56. The maximum absolute atomic E-state index is 9.05. The fraction of sp³-hybridized carbons (Fsp3) is 0.250. The Balaban J connectivity index is 2.01. The van der Waals surface area contributed by atoms with Crippen LogP contribution in [0.3, 0.4) is 0 Å². The van der Waals surface area contributed by atoms with Gasteiger partial charge in [-0.15, -0.1) is 0 Å². The van der Waals surface area contributed by atoms with Crippen molar-refractivity contribution in [3.05, 3.63) is 48.0 Å². The molecule has 1 aliphatic heterocycles. The summed E-state index contributed by atoms with van der Waals surface area (Å²) in [5, 5.41) is 11.5. The van der Waals surface area contributed by atoms with E-state index >= 15 is 0 Å². The first kappa shape index (κ1) is 11.0. The van der Waals surface area contributed by atoms with Crippen LogP contribution in [-0.2, 0) is 0 Å². The fourth-order valence-corrected chi connectivity index (χ4v) is 2.48. The zero-order valence-electron chi connectivity index (χ0n) is 10.3. The van der Waals surface area contributed by atoms with E-state index in [1.165, 1.54) is 10.8 Å². The lowest BCUT2D eigenvalue weighted by Crippen LogP contribution is -2.06. The summed E-state index contributed by atoms with van der Waals surface area (Å²) in [7, 11) is 0. The molecule has 0 aliphatic carbocycles. The molecule has 0 saturated carbocycles. The van der Waals surface area contributed by atoms with Crippen molar-refractivity contribution in [3.8, 4) is 6.07 Å². The maximum Gasteiger partial charge on any atom is 0.0739 e. The molecular weight excluding hydrogens is 220 g/mol. The van der Waals surface area contributed by atoms with Crippen LogP contribution in [0.15, 0.2) is 47.5 Å². The zero-order valence-corrected chi connectivity index (χ0v) is 10.3. The second-order valence-electron chi connectivity index (χ2n) is 4.82. The minimum atomic E-state index is 0.0338. The van der Waals surface area contributed by atoms with E-state index in [0.717, 1.165) is 17.7 Å². The van der Waals surface area contributed by atoms with Gasteiger partial charge in [-0.25, -0.2) is 0 Å². The van der Waals surface area contributed by atoms with Crippen LogP contribution in [0.1, 0.15) is 18.9 Å². The lowest BCUT2D eigenvalue weighted by atomic mass is 9.97. The highest BCUT2D eigenvalue weighted by atomic mass is 14.8. The van der Waals surface area contributed by atoms with Crippen molar-refractivity contribution in [1.82, 2.24) is 0 Å². The predicted molar refractivity (Wildman–Crippen MR) is 73.7 cm³/mol.